The summed E-state index contributed by atoms with van der Waals surface area (Å²) in [7, 11) is 0. The van der Waals surface area contributed by atoms with E-state index < -0.39 is 0 Å². The first-order chi connectivity index (χ1) is 14.6. The highest BCUT2D eigenvalue weighted by Gasteiger charge is 2.30. The molecule has 2 heteroatoms. The summed E-state index contributed by atoms with van der Waals surface area (Å²) in [4.78, 5) is 0. The molecule has 0 saturated carbocycles. The van der Waals surface area contributed by atoms with E-state index in [4.69, 9.17) is 4.74 Å². The monoisotopic (exact) mass is 404 g/mol. The quantitative estimate of drug-likeness (QED) is 0.316. The molecule has 0 amide bonds. The molecule has 3 unspecified atom stereocenters. The molecule has 0 radical (unpaired) electrons. The van der Waals surface area contributed by atoms with Crippen LogP contribution in [-0.2, 0) is 17.8 Å². The summed E-state index contributed by atoms with van der Waals surface area (Å²) in [5.41, 5.74) is 3.88. The van der Waals surface area contributed by atoms with Gasteiger partial charge in [0.15, 0.2) is 0 Å². The van der Waals surface area contributed by atoms with E-state index in [2.05, 4.69) is 63.2 Å². The highest BCUT2D eigenvalue weighted by atomic mass is 16.5. The van der Waals surface area contributed by atoms with Crippen molar-refractivity contribution in [2.24, 2.45) is 0 Å². The Kier molecular flexibility index (Phi) is 6.75. The van der Waals surface area contributed by atoms with Crippen molar-refractivity contribution in [3.63, 3.8) is 0 Å². The van der Waals surface area contributed by atoms with Gasteiger partial charge >= 0.3 is 0 Å². The second-order valence-electron chi connectivity index (χ2n) is 9.13. The zero-order valence-electron chi connectivity index (χ0n) is 18.8. The van der Waals surface area contributed by atoms with Crippen molar-refractivity contribution in [2.75, 3.05) is 0 Å². The standard InChI is InChI=1S/C28H36O2/c1-4-5-6-7-10-19(2)30-27-16-15-25-23(20(27)3)13-14-26-24-12-9-8-11-21(24)17-22(18-29)28(25)26/h8-9,11-14,17,19-20,27,29H,4-7,10,15-16,18H2,1-3H3. The van der Waals surface area contributed by atoms with Crippen LogP contribution < -0.4 is 0 Å². The topological polar surface area (TPSA) is 29.5 Å². The Balaban J connectivity index is 1.62. The Bertz CT molecular complexity index is 1010. The zero-order valence-corrected chi connectivity index (χ0v) is 18.8. The van der Waals surface area contributed by atoms with Gasteiger partial charge in [-0.1, -0.05) is 75.9 Å². The Morgan fingerprint density at radius 3 is 2.70 bits per heavy atom. The van der Waals surface area contributed by atoms with Crippen LogP contribution in [0.15, 0.2) is 42.5 Å². The number of hydrogen-bond acceptors (Lipinski definition) is 2. The average Bonchev–Trinajstić information content (AvgIpc) is 2.77. The molecule has 0 aromatic heterocycles. The molecular formula is C28H36O2. The van der Waals surface area contributed by atoms with Crippen molar-refractivity contribution in [1.82, 2.24) is 0 Å². The zero-order chi connectivity index (χ0) is 21.1. The SMILES string of the molecule is CCCCCCC(C)OC1CCc2c(ccc3c2c(CO)cc2ccccc23)C1C. The minimum absolute atomic E-state index is 0.0842. The maximum absolute atomic E-state index is 10.1. The van der Waals surface area contributed by atoms with Crippen LogP contribution in [0.5, 0.6) is 0 Å². The third-order valence-corrected chi connectivity index (χ3v) is 7.02. The lowest BCUT2D eigenvalue weighted by Crippen LogP contribution is -2.30. The van der Waals surface area contributed by atoms with E-state index in [1.54, 1.807) is 0 Å². The minimum atomic E-state index is 0.0842. The normalized spacial score (nSPS) is 19.9. The number of ether oxygens (including phenoxy) is 1. The maximum Gasteiger partial charge on any atom is 0.0688 e. The summed E-state index contributed by atoms with van der Waals surface area (Å²) in [6.07, 6.45) is 9.05. The van der Waals surface area contributed by atoms with Crippen molar-refractivity contribution in [2.45, 2.75) is 90.4 Å². The maximum atomic E-state index is 10.1. The van der Waals surface area contributed by atoms with Crippen molar-refractivity contribution < 1.29 is 9.84 Å². The molecule has 1 aliphatic rings. The highest BCUT2D eigenvalue weighted by Crippen LogP contribution is 2.41. The molecule has 0 aliphatic heterocycles. The van der Waals surface area contributed by atoms with Gasteiger partial charge in [0, 0.05) is 5.92 Å². The fourth-order valence-corrected chi connectivity index (χ4v) is 5.35. The van der Waals surface area contributed by atoms with E-state index in [0.29, 0.717) is 12.0 Å². The predicted octanol–water partition coefficient (Wildman–Crippen LogP) is 7.28. The van der Waals surface area contributed by atoms with Crippen LogP contribution in [0.4, 0.5) is 0 Å². The molecule has 4 rings (SSSR count). The largest absolute Gasteiger partial charge is 0.392 e. The summed E-state index contributed by atoms with van der Waals surface area (Å²) in [6, 6.07) is 15.3. The van der Waals surface area contributed by atoms with E-state index in [1.807, 2.05) is 0 Å². The first-order valence-corrected chi connectivity index (χ1v) is 11.9. The summed E-state index contributed by atoms with van der Waals surface area (Å²) in [5.74, 6) is 0.384. The molecule has 0 heterocycles. The highest BCUT2D eigenvalue weighted by molar-refractivity contribution is 6.10. The number of aliphatic hydroxyl groups excluding tert-OH is 1. The molecule has 0 spiro atoms. The van der Waals surface area contributed by atoms with E-state index in [0.717, 1.165) is 24.8 Å². The van der Waals surface area contributed by atoms with Gasteiger partial charge in [-0.15, -0.1) is 0 Å². The van der Waals surface area contributed by atoms with Gasteiger partial charge in [-0.2, -0.15) is 0 Å². The Morgan fingerprint density at radius 1 is 1.07 bits per heavy atom. The number of fused-ring (bicyclic) bond motifs is 5. The molecular weight excluding hydrogens is 368 g/mol. The molecule has 1 N–H and O–H groups in total. The van der Waals surface area contributed by atoms with Crippen molar-refractivity contribution in [3.8, 4) is 0 Å². The fourth-order valence-electron chi connectivity index (χ4n) is 5.35. The summed E-state index contributed by atoms with van der Waals surface area (Å²) < 4.78 is 6.53. The van der Waals surface area contributed by atoms with Crippen molar-refractivity contribution >= 4 is 21.5 Å². The van der Waals surface area contributed by atoms with Crippen LogP contribution in [0.3, 0.4) is 0 Å². The molecule has 0 bridgehead atoms. The number of benzene rings is 3. The van der Waals surface area contributed by atoms with E-state index in [-0.39, 0.29) is 12.7 Å². The summed E-state index contributed by atoms with van der Waals surface area (Å²) in [6.45, 7) is 6.90. The Labute approximate surface area is 181 Å². The molecule has 160 valence electrons. The number of unbranched alkanes of at least 4 members (excludes halogenated alkanes) is 3. The molecule has 3 aromatic rings. The smallest absolute Gasteiger partial charge is 0.0688 e. The molecule has 3 aromatic carbocycles. The minimum Gasteiger partial charge on any atom is -0.392 e. The molecule has 2 nitrogen and oxygen atoms in total. The van der Waals surface area contributed by atoms with Gasteiger partial charge in [-0.05, 0) is 70.5 Å². The van der Waals surface area contributed by atoms with Crippen LogP contribution in [0.2, 0.25) is 0 Å². The summed E-state index contributed by atoms with van der Waals surface area (Å²) >= 11 is 0. The van der Waals surface area contributed by atoms with Crippen LogP contribution in [0.25, 0.3) is 21.5 Å². The number of hydrogen-bond donors (Lipinski definition) is 1. The molecule has 30 heavy (non-hydrogen) atoms. The van der Waals surface area contributed by atoms with Crippen LogP contribution in [0.1, 0.15) is 81.9 Å². The first kappa shape index (κ1) is 21.3. The van der Waals surface area contributed by atoms with Gasteiger partial charge < -0.3 is 9.84 Å². The second-order valence-corrected chi connectivity index (χ2v) is 9.13. The second kappa shape index (κ2) is 9.49. The van der Waals surface area contributed by atoms with Gasteiger partial charge in [0.1, 0.15) is 0 Å². The number of aryl methyl sites for hydroxylation is 1. The Hall–Kier alpha value is -1.90. The lowest BCUT2D eigenvalue weighted by atomic mass is 9.78. The fraction of sp³-hybridized carbons (Fsp3) is 0.500. The third-order valence-electron chi connectivity index (χ3n) is 7.02. The van der Waals surface area contributed by atoms with E-state index in [1.165, 1.54) is 58.4 Å². The van der Waals surface area contributed by atoms with Gasteiger partial charge in [-0.25, -0.2) is 0 Å². The van der Waals surface area contributed by atoms with Gasteiger partial charge in [-0.3, -0.25) is 0 Å². The lowest BCUT2D eigenvalue weighted by Gasteiger charge is -2.34. The first-order valence-electron chi connectivity index (χ1n) is 11.9. The van der Waals surface area contributed by atoms with Crippen LogP contribution >= 0.6 is 0 Å². The predicted molar refractivity (Wildman–Crippen MR) is 127 cm³/mol. The molecule has 3 atom stereocenters. The molecule has 1 aliphatic carbocycles. The van der Waals surface area contributed by atoms with Gasteiger partial charge in [0.25, 0.3) is 0 Å². The Morgan fingerprint density at radius 2 is 1.90 bits per heavy atom. The number of rotatable bonds is 8. The van der Waals surface area contributed by atoms with Crippen molar-refractivity contribution in [3.05, 3.63) is 59.2 Å². The summed E-state index contributed by atoms with van der Waals surface area (Å²) in [5, 5.41) is 15.2. The van der Waals surface area contributed by atoms with Crippen LogP contribution in [-0.4, -0.2) is 17.3 Å². The van der Waals surface area contributed by atoms with Gasteiger partial charge in [0.05, 0.1) is 18.8 Å². The number of aliphatic hydroxyl groups is 1. The molecule has 0 fully saturated rings. The van der Waals surface area contributed by atoms with Crippen LogP contribution in [0, 0.1) is 0 Å². The van der Waals surface area contributed by atoms with Crippen molar-refractivity contribution in [1.29, 1.82) is 0 Å². The lowest BCUT2D eigenvalue weighted by molar-refractivity contribution is -0.0261. The van der Waals surface area contributed by atoms with Gasteiger partial charge in [0.2, 0.25) is 0 Å². The average molecular weight is 405 g/mol. The third kappa shape index (κ3) is 4.13. The van der Waals surface area contributed by atoms with E-state index in [9.17, 15) is 5.11 Å². The molecule has 0 saturated heterocycles. The van der Waals surface area contributed by atoms with E-state index >= 15 is 0 Å².